The van der Waals surface area contributed by atoms with E-state index < -0.39 is 5.82 Å². The smallest absolute Gasteiger partial charge is 0.159 e. The lowest BCUT2D eigenvalue weighted by molar-refractivity contribution is 0.623. The maximum absolute atomic E-state index is 12.3. The molecule has 0 aromatic carbocycles. The van der Waals surface area contributed by atoms with Gasteiger partial charge in [0, 0.05) is 6.20 Å². The Kier molecular flexibility index (Phi) is 1.71. The second kappa shape index (κ2) is 2.35. The highest BCUT2D eigenvalue weighted by atomic mass is 35.5. The maximum Gasteiger partial charge on any atom is 0.159 e. The number of aromatic nitrogens is 1. The van der Waals surface area contributed by atoms with Gasteiger partial charge in [0.15, 0.2) is 5.82 Å². The van der Waals surface area contributed by atoms with E-state index in [1.54, 1.807) is 0 Å². The monoisotopic (exact) mass is 141 g/mol. The fraction of sp³-hybridized carbons (Fsp3) is 0. The first-order valence-electron chi connectivity index (χ1n) is 2.26. The van der Waals surface area contributed by atoms with Crippen molar-refractivity contribution in [3.8, 4) is 0 Å². The summed E-state index contributed by atoms with van der Waals surface area (Å²) >= 11 is 5.34. The zero-order valence-corrected chi connectivity index (χ0v) is 5.19. The molecule has 0 bridgehead atoms. The van der Waals surface area contributed by atoms with Crippen molar-refractivity contribution in [2.24, 2.45) is 0 Å². The zero-order valence-electron chi connectivity index (χ0n) is 4.44. The van der Waals surface area contributed by atoms with Gasteiger partial charge in [0.2, 0.25) is 0 Å². The average Bonchev–Trinajstić information content (AvgIpc) is 1.83. The Balaban J connectivity index is 3.25. The minimum atomic E-state index is -0.586. The predicted molar refractivity (Wildman–Crippen MR) is 34.6 cm³/mol. The standard InChI is InChI=1S/C5H2BClFN/c6-3-1-9-2-4(8)5(3)7/h1-2H. The van der Waals surface area contributed by atoms with Crippen LogP contribution in [0.2, 0.25) is 5.02 Å². The first-order valence-corrected chi connectivity index (χ1v) is 2.64. The van der Waals surface area contributed by atoms with Gasteiger partial charge in [-0.2, -0.15) is 0 Å². The molecule has 1 nitrogen and oxygen atoms in total. The van der Waals surface area contributed by atoms with E-state index in [0.717, 1.165) is 6.20 Å². The van der Waals surface area contributed by atoms with E-state index in [4.69, 9.17) is 19.4 Å². The van der Waals surface area contributed by atoms with Gasteiger partial charge in [-0.3, -0.25) is 4.98 Å². The van der Waals surface area contributed by atoms with Gasteiger partial charge in [0.05, 0.1) is 11.2 Å². The molecule has 2 radical (unpaired) electrons. The van der Waals surface area contributed by atoms with Gasteiger partial charge in [-0.25, -0.2) is 4.39 Å². The summed E-state index contributed by atoms with van der Waals surface area (Å²) in [4.78, 5) is 3.46. The van der Waals surface area contributed by atoms with E-state index in [2.05, 4.69) is 4.98 Å². The summed E-state index contributed by atoms with van der Waals surface area (Å²) in [6, 6.07) is 0. The van der Waals surface area contributed by atoms with Gasteiger partial charge in [-0.15, -0.1) is 0 Å². The summed E-state index contributed by atoms with van der Waals surface area (Å²) in [6.07, 6.45) is 2.31. The highest BCUT2D eigenvalue weighted by Gasteiger charge is 1.99. The lowest BCUT2D eigenvalue weighted by atomic mass is 9.99. The van der Waals surface area contributed by atoms with Crippen LogP contribution in [0.1, 0.15) is 0 Å². The maximum atomic E-state index is 12.3. The molecule has 0 aliphatic carbocycles. The number of halogens is 2. The fourth-order valence-corrected chi connectivity index (χ4v) is 0.532. The van der Waals surface area contributed by atoms with E-state index >= 15 is 0 Å². The van der Waals surface area contributed by atoms with Gasteiger partial charge >= 0.3 is 0 Å². The molecule has 0 aliphatic heterocycles. The summed E-state index contributed by atoms with van der Waals surface area (Å²) in [6.45, 7) is 0. The Morgan fingerprint density at radius 3 is 2.67 bits per heavy atom. The normalized spacial score (nSPS) is 9.56. The summed E-state index contributed by atoms with van der Waals surface area (Å²) < 4.78 is 12.3. The van der Waals surface area contributed by atoms with Gasteiger partial charge in [0.1, 0.15) is 7.85 Å². The van der Waals surface area contributed by atoms with Gasteiger partial charge in [-0.05, 0) is 0 Å². The van der Waals surface area contributed by atoms with Crippen molar-refractivity contribution in [1.29, 1.82) is 0 Å². The first-order chi connectivity index (χ1) is 4.22. The molecule has 0 atom stereocenters. The third-order valence-corrected chi connectivity index (χ3v) is 1.26. The predicted octanol–water partition coefficient (Wildman–Crippen LogP) is 0.668. The van der Waals surface area contributed by atoms with Crippen LogP contribution in [0.5, 0.6) is 0 Å². The molecule has 0 unspecified atom stereocenters. The van der Waals surface area contributed by atoms with Crippen molar-refractivity contribution in [3.63, 3.8) is 0 Å². The average molecular weight is 141 g/mol. The lowest BCUT2D eigenvalue weighted by Gasteiger charge is -1.94. The van der Waals surface area contributed by atoms with Crippen molar-refractivity contribution in [2.45, 2.75) is 0 Å². The summed E-state index contributed by atoms with van der Waals surface area (Å²) in [5.41, 5.74) is 0.164. The summed E-state index contributed by atoms with van der Waals surface area (Å²) in [7, 11) is 5.19. The number of rotatable bonds is 0. The molecule has 0 saturated heterocycles. The largest absolute Gasteiger partial charge is 0.262 e. The molecule has 0 aliphatic rings. The molecule has 0 spiro atoms. The van der Waals surface area contributed by atoms with Gasteiger partial charge < -0.3 is 0 Å². The Labute approximate surface area is 58.3 Å². The molecule has 44 valence electrons. The quantitative estimate of drug-likeness (QED) is 0.484. The van der Waals surface area contributed by atoms with Crippen LogP contribution < -0.4 is 5.46 Å². The highest BCUT2D eigenvalue weighted by molar-refractivity contribution is 6.44. The van der Waals surface area contributed by atoms with Crippen LogP contribution in [0, 0.1) is 5.82 Å². The van der Waals surface area contributed by atoms with Crippen LogP contribution in [-0.4, -0.2) is 12.8 Å². The summed E-state index contributed by atoms with van der Waals surface area (Å²) in [5, 5.41) is -0.0648. The van der Waals surface area contributed by atoms with Crippen molar-refractivity contribution in [1.82, 2.24) is 4.98 Å². The molecule has 1 rings (SSSR count). The van der Waals surface area contributed by atoms with Crippen molar-refractivity contribution in [3.05, 3.63) is 23.2 Å². The Hall–Kier alpha value is -0.565. The second-order valence-electron chi connectivity index (χ2n) is 1.52. The lowest BCUT2D eigenvalue weighted by Crippen LogP contribution is -2.06. The fourth-order valence-electron chi connectivity index (χ4n) is 0.434. The van der Waals surface area contributed by atoms with E-state index in [-0.39, 0.29) is 10.5 Å². The van der Waals surface area contributed by atoms with Crippen molar-refractivity contribution in [2.75, 3.05) is 0 Å². The van der Waals surface area contributed by atoms with Crippen molar-refractivity contribution < 1.29 is 4.39 Å². The third-order valence-electron chi connectivity index (χ3n) is 0.865. The van der Waals surface area contributed by atoms with Crippen LogP contribution >= 0.6 is 11.6 Å². The van der Waals surface area contributed by atoms with Crippen LogP contribution in [0.15, 0.2) is 12.4 Å². The second-order valence-corrected chi connectivity index (χ2v) is 1.90. The molecule has 1 heterocycles. The Morgan fingerprint density at radius 1 is 1.56 bits per heavy atom. The molecule has 0 fully saturated rings. The molecule has 0 saturated carbocycles. The van der Waals surface area contributed by atoms with Gasteiger partial charge in [-0.1, -0.05) is 17.1 Å². The molecule has 0 N–H and O–H groups in total. The first kappa shape index (κ1) is 6.55. The van der Waals surface area contributed by atoms with Gasteiger partial charge in [0.25, 0.3) is 0 Å². The highest BCUT2D eigenvalue weighted by Crippen LogP contribution is 2.06. The minimum Gasteiger partial charge on any atom is -0.262 e. The molecule has 9 heavy (non-hydrogen) atoms. The molecule has 4 heteroatoms. The minimum absolute atomic E-state index is 0.0648. The van der Waals surface area contributed by atoms with Crippen LogP contribution in [0.25, 0.3) is 0 Å². The Bertz CT molecular complexity index is 208. The number of hydrogen-bond donors (Lipinski definition) is 0. The zero-order chi connectivity index (χ0) is 6.85. The van der Waals surface area contributed by atoms with E-state index in [1.165, 1.54) is 6.20 Å². The topological polar surface area (TPSA) is 12.9 Å². The molecule has 1 aromatic rings. The molecular weight excluding hydrogens is 139 g/mol. The van der Waals surface area contributed by atoms with Crippen molar-refractivity contribution >= 4 is 24.9 Å². The summed E-state index contributed by atoms with van der Waals surface area (Å²) in [5.74, 6) is -0.586. The third kappa shape index (κ3) is 1.22. The number of nitrogens with zero attached hydrogens (tertiary/aromatic N) is 1. The Morgan fingerprint density at radius 2 is 2.22 bits per heavy atom. The van der Waals surface area contributed by atoms with Crippen LogP contribution in [0.4, 0.5) is 4.39 Å². The number of pyridine rings is 1. The van der Waals surface area contributed by atoms with Crippen LogP contribution in [-0.2, 0) is 0 Å². The van der Waals surface area contributed by atoms with Crippen LogP contribution in [0.3, 0.4) is 0 Å². The van der Waals surface area contributed by atoms with E-state index in [9.17, 15) is 4.39 Å². The van der Waals surface area contributed by atoms with E-state index in [1.807, 2.05) is 0 Å². The SMILES string of the molecule is [B]c1cncc(F)c1Cl. The number of hydrogen-bond acceptors (Lipinski definition) is 1. The molecular formula is C5H2BClFN. The van der Waals surface area contributed by atoms with E-state index in [0.29, 0.717) is 0 Å². The molecule has 1 aromatic heterocycles. The molecule has 0 amide bonds.